The molecule has 0 bridgehead atoms. The highest BCUT2D eigenvalue weighted by molar-refractivity contribution is 5.31. The normalized spacial score (nSPS) is 23.5. The molecule has 0 aliphatic carbocycles. The Morgan fingerprint density at radius 2 is 2.24 bits per heavy atom. The zero-order chi connectivity index (χ0) is 15.2. The first-order valence-corrected chi connectivity index (χ1v) is 7.97. The molecule has 1 aromatic carbocycles. The van der Waals surface area contributed by atoms with Gasteiger partial charge in [0.25, 0.3) is 0 Å². The summed E-state index contributed by atoms with van der Waals surface area (Å²) < 4.78 is 11.6. The minimum absolute atomic E-state index is 0.0441. The number of rotatable bonds is 6. The Kier molecular flexibility index (Phi) is 6.03. The number of benzene rings is 1. The molecule has 1 aliphatic rings. The summed E-state index contributed by atoms with van der Waals surface area (Å²) in [5, 5.41) is 0. The molecule has 2 N–H and O–H groups in total. The van der Waals surface area contributed by atoms with Gasteiger partial charge in [0.15, 0.2) is 0 Å². The molecule has 4 heteroatoms. The lowest BCUT2D eigenvalue weighted by Gasteiger charge is -2.43. The lowest BCUT2D eigenvalue weighted by atomic mass is 9.96. The van der Waals surface area contributed by atoms with Crippen molar-refractivity contribution in [3.63, 3.8) is 0 Å². The SMILES string of the molecule is CCCOc1cccc(C2C(CN)OCCN2C(C)C)c1. The molecule has 0 spiro atoms. The second-order valence-electron chi connectivity index (χ2n) is 5.84. The van der Waals surface area contributed by atoms with Gasteiger partial charge in [0.1, 0.15) is 5.75 Å². The van der Waals surface area contributed by atoms with E-state index in [-0.39, 0.29) is 12.1 Å². The molecule has 2 unspecified atom stereocenters. The number of hydrogen-bond acceptors (Lipinski definition) is 4. The average Bonchev–Trinajstić information content (AvgIpc) is 2.52. The topological polar surface area (TPSA) is 47.7 Å². The highest BCUT2D eigenvalue weighted by Crippen LogP contribution is 2.32. The largest absolute Gasteiger partial charge is 0.494 e. The van der Waals surface area contributed by atoms with Crippen LogP contribution in [0.3, 0.4) is 0 Å². The Bertz CT molecular complexity index is 437. The number of hydrogen-bond donors (Lipinski definition) is 1. The highest BCUT2D eigenvalue weighted by Gasteiger charge is 2.34. The summed E-state index contributed by atoms with van der Waals surface area (Å²) in [4.78, 5) is 2.47. The van der Waals surface area contributed by atoms with Crippen molar-refractivity contribution in [3.8, 4) is 5.75 Å². The first-order chi connectivity index (χ1) is 10.2. The van der Waals surface area contributed by atoms with Gasteiger partial charge in [0.05, 0.1) is 25.4 Å². The van der Waals surface area contributed by atoms with Crippen molar-refractivity contribution in [3.05, 3.63) is 29.8 Å². The Balaban J connectivity index is 2.25. The lowest BCUT2D eigenvalue weighted by molar-refractivity contribution is -0.0789. The quantitative estimate of drug-likeness (QED) is 0.875. The summed E-state index contributed by atoms with van der Waals surface area (Å²) in [6.07, 6.45) is 1.06. The standard InChI is InChI=1S/C17H28N2O2/c1-4-9-20-15-7-5-6-14(11-15)17-16(12-18)21-10-8-19(17)13(2)3/h5-7,11,13,16-17H,4,8-10,12,18H2,1-3H3. The Hall–Kier alpha value is -1.10. The molecule has 1 aromatic rings. The molecule has 1 fully saturated rings. The van der Waals surface area contributed by atoms with Gasteiger partial charge in [0, 0.05) is 19.1 Å². The minimum Gasteiger partial charge on any atom is -0.494 e. The van der Waals surface area contributed by atoms with Crippen LogP contribution in [-0.4, -0.2) is 43.3 Å². The maximum absolute atomic E-state index is 5.93. The third kappa shape index (κ3) is 3.96. The van der Waals surface area contributed by atoms with E-state index in [1.807, 2.05) is 6.07 Å². The third-order valence-corrected chi connectivity index (χ3v) is 3.96. The maximum Gasteiger partial charge on any atom is 0.119 e. The van der Waals surface area contributed by atoms with E-state index in [1.165, 1.54) is 5.56 Å². The number of morpholine rings is 1. The molecule has 4 nitrogen and oxygen atoms in total. The maximum atomic E-state index is 5.93. The molecule has 0 aromatic heterocycles. The molecular formula is C17H28N2O2. The van der Waals surface area contributed by atoms with E-state index in [9.17, 15) is 0 Å². The van der Waals surface area contributed by atoms with Crippen molar-refractivity contribution in [2.24, 2.45) is 5.73 Å². The molecule has 0 radical (unpaired) electrons. The van der Waals surface area contributed by atoms with Crippen LogP contribution >= 0.6 is 0 Å². The number of nitrogens with zero attached hydrogens (tertiary/aromatic N) is 1. The molecule has 1 saturated heterocycles. The molecule has 118 valence electrons. The van der Waals surface area contributed by atoms with E-state index in [0.29, 0.717) is 12.6 Å². The summed E-state index contributed by atoms with van der Waals surface area (Å²) in [6.45, 7) is 9.55. The Morgan fingerprint density at radius 3 is 2.90 bits per heavy atom. The van der Waals surface area contributed by atoms with Crippen molar-refractivity contribution < 1.29 is 9.47 Å². The van der Waals surface area contributed by atoms with E-state index in [1.54, 1.807) is 0 Å². The van der Waals surface area contributed by atoms with Gasteiger partial charge in [-0.05, 0) is 38.0 Å². The van der Waals surface area contributed by atoms with Gasteiger partial charge in [-0.3, -0.25) is 4.90 Å². The molecule has 21 heavy (non-hydrogen) atoms. The van der Waals surface area contributed by atoms with Crippen LogP contribution in [-0.2, 0) is 4.74 Å². The van der Waals surface area contributed by atoms with Crippen molar-refractivity contribution in [1.29, 1.82) is 0 Å². The van der Waals surface area contributed by atoms with Crippen LogP contribution in [0, 0.1) is 0 Å². The van der Waals surface area contributed by atoms with Crippen LogP contribution in [0.5, 0.6) is 5.75 Å². The van der Waals surface area contributed by atoms with E-state index < -0.39 is 0 Å². The molecule has 2 atom stereocenters. The third-order valence-electron chi connectivity index (χ3n) is 3.96. The summed E-state index contributed by atoms with van der Waals surface area (Å²) in [6, 6.07) is 9.02. The van der Waals surface area contributed by atoms with Crippen molar-refractivity contribution in [2.45, 2.75) is 45.4 Å². The molecular weight excluding hydrogens is 264 g/mol. The van der Waals surface area contributed by atoms with Gasteiger partial charge in [0.2, 0.25) is 0 Å². The van der Waals surface area contributed by atoms with Gasteiger partial charge in [-0.25, -0.2) is 0 Å². The fourth-order valence-corrected chi connectivity index (χ4v) is 2.94. The lowest BCUT2D eigenvalue weighted by Crippen LogP contribution is -2.50. The molecule has 0 saturated carbocycles. The van der Waals surface area contributed by atoms with E-state index >= 15 is 0 Å². The zero-order valence-corrected chi connectivity index (χ0v) is 13.4. The smallest absolute Gasteiger partial charge is 0.119 e. The minimum atomic E-state index is 0.0441. The van der Waals surface area contributed by atoms with Crippen LogP contribution in [0.1, 0.15) is 38.8 Å². The van der Waals surface area contributed by atoms with E-state index in [4.69, 9.17) is 15.2 Å². The monoisotopic (exact) mass is 292 g/mol. The fraction of sp³-hybridized carbons (Fsp3) is 0.647. The zero-order valence-electron chi connectivity index (χ0n) is 13.4. The molecule has 2 rings (SSSR count). The van der Waals surface area contributed by atoms with E-state index in [0.717, 1.165) is 31.9 Å². The predicted octanol–water partition coefficient (Wildman–Crippen LogP) is 2.58. The van der Waals surface area contributed by atoms with Crippen LogP contribution in [0.2, 0.25) is 0 Å². The van der Waals surface area contributed by atoms with Crippen LogP contribution < -0.4 is 10.5 Å². The van der Waals surface area contributed by atoms with Gasteiger partial charge < -0.3 is 15.2 Å². The van der Waals surface area contributed by atoms with Crippen molar-refractivity contribution in [2.75, 3.05) is 26.3 Å². The second kappa shape index (κ2) is 7.78. The van der Waals surface area contributed by atoms with E-state index in [2.05, 4.69) is 43.9 Å². The first kappa shape index (κ1) is 16.3. The highest BCUT2D eigenvalue weighted by atomic mass is 16.5. The second-order valence-corrected chi connectivity index (χ2v) is 5.84. The molecule has 0 amide bonds. The first-order valence-electron chi connectivity index (χ1n) is 7.97. The summed E-state index contributed by atoms with van der Waals surface area (Å²) in [7, 11) is 0. The molecule has 1 heterocycles. The van der Waals surface area contributed by atoms with Crippen LogP contribution in [0.4, 0.5) is 0 Å². The van der Waals surface area contributed by atoms with Gasteiger partial charge in [-0.15, -0.1) is 0 Å². The Labute approximate surface area is 128 Å². The van der Waals surface area contributed by atoms with Crippen LogP contribution in [0.15, 0.2) is 24.3 Å². The number of ether oxygens (including phenoxy) is 2. The van der Waals surface area contributed by atoms with Crippen molar-refractivity contribution in [1.82, 2.24) is 4.90 Å². The Morgan fingerprint density at radius 1 is 1.43 bits per heavy atom. The van der Waals surface area contributed by atoms with Gasteiger partial charge >= 0.3 is 0 Å². The summed E-state index contributed by atoms with van der Waals surface area (Å²) in [5.74, 6) is 0.930. The summed E-state index contributed by atoms with van der Waals surface area (Å²) in [5.41, 5.74) is 7.16. The number of nitrogens with two attached hydrogens (primary N) is 1. The average molecular weight is 292 g/mol. The molecule has 1 aliphatic heterocycles. The predicted molar refractivity (Wildman–Crippen MR) is 85.6 cm³/mol. The van der Waals surface area contributed by atoms with Gasteiger partial charge in [-0.1, -0.05) is 19.1 Å². The fourth-order valence-electron chi connectivity index (χ4n) is 2.94. The summed E-state index contributed by atoms with van der Waals surface area (Å²) >= 11 is 0. The van der Waals surface area contributed by atoms with Gasteiger partial charge in [-0.2, -0.15) is 0 Å². The van der Waals surface area contributed by atoms with Crippen LogP contribution in [0.25, 0.3) is 0 Å². The van der Waals surface area contributed by atoms with Crippen molar-refractivity contribution >= 4 is 0 Å².